The third-order valence-electron chi connectivity index (χ3n) is 4.93. The second kappa shape index (κ2) is 9.20. The van der Waals surface area contributed by atoms with Crippen LogP contribution in [0.2, 0.25) is 0 Å². The van der Waals surface area contributed by atoms with Crippen molar-refractivity contribution in [3.63, 3.8) is 0 Å². The normalized spacial score (nSPS) is 15.0. The van der Waals surface area contributed by atoms with Crippen LogP contribution < -0.4 is 10.6 Å². The Morgan fingerprint density at radius 1 is 1.21 bits per heavy atom. The lowest BCUT2D eigenvalue weighted by atomic mass is 10.1. The molecule has 0 radical (unpaired) electrons. The first-order valence-corrected chi connectivity index (χ1v) is 9.55. The smallest absolute Gasteiger partial charge is 0.251 e. The fourth-order valence-electron chi connectivity index (χ4n) is 3.69. The number of fused-ring (bicyclic) bond motifs is 1. The summed E-state index contributed by atoms with van der Waals surface area (Å²) in [5, 5.41) is 5.64. The number of nitrogens with zero attached hydrogens (tertiary/aromatic N) is 1. The molecule has 2 N–H and O–H groups in total. The van der Waals surface area contributed by atoms with Crippen LogP contribution in [0.5, 0.6) is 0 Å². The molecule has 2 aromatic rings. The molecule has 3 rings (SSSR count). The van der Waals surface area contributed by atoms with Crippen LogP contribution in [0, 0.1) is 12.3 Å². The van der Waals surface area contributed by atoms with Gasteiger partial charge >= 0.3 is 0 Å². The summed E-state index contributed by atoms with van der Waals surface area (Å²) in [6.45, 7) is 3.03. The van der Waals surface area contributed by atoms with E-state index in [1.807, 2.05) is 24.0 Å². The molecular weight excluding hydrogens is 350 g/mol. The van der Waals surface area contributed by atoms with Gasteiger partial charge in [0.15, 0.2) is 0 Å². The minimum atomic E-state index is -0.157. The molecule has 0 heterocycles. The van der Waals surface area contributed by atoms with E-state index in [2.05, 4.69) is 28.7 Å². The number of benzene rings is 2. The largest absolute Gasteiger partial charge is 0.352 e. The Bertz CT molecular complexity index is 901. The lowest BCUT2D eigenvalue weighted by molar-refractivity contribution is -0.117. The van der Waals surface area contributed by atoms with Crippen LogP contribution in [0.25, 0.3) is 0 Å². The average molecular weight is 375 g/mol. The molecule has 2 amide bonds. The van der Waals surface area contributed by atoms with Crippen LogP contribution in [0.15, 0.2) is 48.5 Å². The number of amides is 2. The summed E-state index contributed by atoms with van der Waals surface area (Å²) in [4.78, 5) is 26.7. The molecule has 0 bridgehead atoms. The Morgan fingerprint density at radius 3 is 2.82 bits per heavy atom. The lowest BCUT2D eigenvalue weighted by Gasteiger charge is -2.27. The van der Waals surface area contributed by atoms with Crippen LogP contribution >= 0.6 is 0 Å². The number of hydrogen-bond acceptors (Lipinski definition) is 3. The van der Waals surface area contributed by atoms with Gasteiger partial charge in [0.1, 0.15) is 0 Å². The second-order valence-corrected chi connectivity index (χ2v) is 6.85. The molecule has 5 heteroatoms. The molecular formula is C23H25N3O2. The maximum Gasteiger partial charge on any atom is 0.251 e. The van der Waals surface area contributed by atoms with Gasteiger partial charge in [-0.05, 0) is 49.1 Å². The van der Waals surface area contributed by atoms with Crippen molar-refractivity contribution in [2.45, 2.75) is 25.8 Å². The van der Waals surface area contributed by atoms with Crippen molar-refractivity contribution in [3.8, 4) is 12.3 Å². The van der Waals surface area contributed by atoms with E-state index in [1.165, 1.54) is 11.1 Å². The van der Waals surface area contributed by atoms with E-state index in [9.17, 15) is 9.59 Å². The summed E-state index contributed by atoms with van der Waals surface area (Å²) in [7, 11) is 0. The number of carbonyl (C=O) groups is 2. The number of carbonyl (C=O) groups excluding carboxylic acids is 2. The van der Waals surface area contributed by atoms with Crippen molar-refractivity contribution in [1.82, 2.24) is 10.2 Å². The minimum absolute atomic E-state index is 0.146. The van der Waals surface area contributed by atoms with Crippen LogP contribution in [0.1, 0.15) is 40.9 Å². The first-order valence-electron chi connectivity index (χ1n) is 9.55. The highest BCUT2D eigenvalue weighted by Gasteiger charge is 2.28. The summed E-state index contributed by atoms with van der Waals surface area (Å²) in [5.74, 6) is 2.37. The predicted octanol–water partition coefficient (Wildman–Crippen LogP) is 3.00. The number of hydrogen-bond donors (Lipinski definition) is 2. The fraction of sp³-hybridized carbons (Fsp3) is 0.304. The monoisotopic (exact) mass is 375 g/mol. The molecule has 1 aliphatic carbocycles. The zero-order chi connectivity index (χ0) is 19.9. The second-order valence-electron chi connectivity index (χ2n) is 6.85. The highest BCUT2D eigenvalue weighted by Crippen LogP contribution is 2.35. The highest BCUT2D eigenvalue weighted by atomic mass is 16.2. The van der Waals surface area contributed by atoms with E-state index in [1.54, 1.807) is 24.3 Å². The van der Waals surface area contributed by atoms with Crippen molar-refractivity contribution in [1.29, 1.82) is 0 Å². The summed E-state index contributed by atoms with van der Waals surface area (Å²) in [5.41, 5.74) is 3.69. The summed E-state index contributed by atoms with van der Waals surface area (Å²) in [6, 6.07) is 15.4. The van der Waals surface area contributed by atoms with Crippen molar-refractivity contribution in [2.24, 2.45) is 0 Å². The number of anilines is 1. The molecule has 0 aromatic heterocycles. The van der Waals surface area contributed by atoms with E-state index in [4.69, 9.17) is 6.42 Å². The number of aryl methyl sites for hydroxylation is 1. The van der Waals surface area contributed by atoms with Gasteiger partial charge in [-0.3, -0.25) is 14.5 Å². The molecule has 1 unspecified atom stereocenters. The van der Waals surface area contributed by atoms with Crippen molar-refractivity contribution in [3.05, 3.63) is 65.2 Å². The standard InChI is InChI=1S/C23H25N3O2/c1-3-14-26(21-13-12-17-8-5-6-11-20(17)21)16-22(27)25-19-10-7-9-18(15-19)23(28)24-4-2/h1,5-11,15,21H,4,12-14,16H2,2H3,(H,24,28)(H,25,27). The quantitative estimate of drug-likeness (QED) is 0.732. The van der Waals surface area contributed by atoms with Crippen LogP contribution in [-0.2, 0) is 11.2 Å². The van der Waals surface area contributed by atoms with Gasteiger partial charge in [-0.25, -0.2) is 0 Å². The fourth-order valence-corrected chi connectivity index (χ4v) is 3.69. The van der Waals surface area contributed by atoms with Crippen molar-refractivity contribution in [2.75, 3.05) is 25.0 Å². The van der Waals surface area contributed by atoms with Gasteiger partial charge in [-0.1, -0.05) is 36.3 Å². The third-order valence-corrected chi connectivity index (χ3v) is 4.93. The molecule has 2 aromatic carbocycles. The van der Waals surface area contributed by atoms with Gasteiger partial charge in [-0.15, -0.1) is 6.42 Å². The van der Waals surface area contributed by atoms with Crippen molar-refractivity contribution >= 4 is 17.5 Å². The van der Waals surface area contributed by atoms with Crippen LogP contribution in [-0.4, -0.2) is 36.3 Å². The summed E-state index contributed by atoms with van der Waals surface area (Å²) in [6.07, 6.45) is 7.52. The molecule has 0 saturated carbocycles. The highest BCUT2D eigenvalue weighted by molar-refractivity contribution is 5.97. The zero-order valence-corrected chi connectivity index (χ0v) is 16.1. The first-order chi connectivity index (χ1) is 13.6. The van der Waals surface area contributed by atoms with E-state index in [0.717, 1.165) is 12.8 Å². The van der Waals surface area contributed by atoms with Gasteiger partial charge < -0.3 is 10.6 Å². The van der Waals surface area contributed by atoms with E-state index < -0.39 is 0 Å². The molecule has 5 nitrogen and oxygen atoms in total. The summed E-state index contributed by atoms with van der Waals surface area (Å²) < 4.78 is 0. The average Bonchev–Trinajstić information content (AvgIpc) is 3.12. The van der Waals surface area contributed by atoms with Gasteiger partial charge in [-0.2, -0.15) is 0 Å². The molecule has 0 spiro atoms. The minimum Gasteiger partial charge on any atom is -0.352 e. The Kier molecular flexibility index (Phi) is 6.46. The topological polar surface area (TPSA) is 61.4 Å². The Hall–Kier alpha value is -3.10. The van der Waals surface area contributed by atoms with Gasteiger partial charge in [0, 0.05) is 23.8 Å². The first kappa shape index (κ1) is 19.7. The Morgan fingerprint density at radius 2 is 2.04 bits per heavy atom. The zero-order valence-electron chi connectivity index (χ0n) is 16.1. The van der Waals surface area contributed by atoms with Crippen LogP contribution in [0.3, 0.4) is 0 Å². The molecule has 0 aliphatic heterocycles. The lowest BCUT2D eigenvalue weighted by Crippen LogP contribution is -2.36. The van der Waals surface area contributed by atoms with Gasteiger partial charge in [0.25, 0.3) is 5.91 Å². The van der Waals surface area contributed by atoms with Crippen LogP contribution in [0.4, 0.5) is 5.69 Å². The molecule has 28 heavy (non-hydrogen) atoms. The Balaban J connectivity index is 1.68. The molecule has 0 fully saturated rings. The number of terminal acetylenes is 1. The Labute approximate surface area is 166 Å². The van der Waals surface area contributed by atoms with E-state index >= 15 is 0 Å². The van der Waals surface area contributed by atoms with Gasteiger partial charge in [0.2, 0.25) is 5.91 Å². The third kappa shape index (κ3) is 4.59. The maximum absolute atomic E-state index is 12.7. The van der Waals surface area contributed by atoms with E-state index in [0.29, 0.717) is 24.3 Å². The summed E-state index contributed by atoms with van der Waals surface area (Å²) >= 11 is 0. The molecule has 1 aliphatic rings. The number of rotatable bonds is 7. The molecule has 144 valence electrons. The van der Waals surface area contributed by atoms with Gasteiger partial charge in [0.05, 0.1) is 13.1 Å². The van der Waals surface area contributed by atoms with Crippen molar-refractivity contribution < 1.29 is 9.59 Å². The molecule has 1 atom stereocenters. The van der Waals surface area contributed by atoms with E-state index in [-0.39, 0.29) is 24.4 Å². The molecule has 0 saturated heterocycles. The number of nitrogens with one attached hydrogen (secondary N) is 2. The SMILES string of the molecule is C#CCN(CC(=O)Nc1cccc(C(=O)NCC)c1)C1CCc2ccccc21. The maximum atomic E-state index is 12.7. The predicted molar refractivity (Wildman–Crippen MR) is 111 cm³/mol.